The topological polar surface area (TPSA) is 141 Å². The second-order valence-electron chi connectivity index (χ2n) is 6.74. The zero-order valence-corrected chi connectivity index (χ0v) is 17.3. The number of hydrogen-bond donors (Lipinski definition) is 2. The van der Waals surface area contributed by atoms with E-state index >= 15 is 0 Å². The monoisotopic (exact) mass is 505 g/mol. The van der Waals surface area contributed by atoms with Gasteiger partial charge in [0.2, 0.25) is 11.7 Å². The SMILES string of the molecule is N[C@@H](CC(=O)N1CCn2c(nnc2C(F)(F)F)C1)Cc1cc(F)c(F)cc1F.O=P(=O)OO.[H+].[H-]. The van der Waals surface area contributed by atoms with Crippen molar-refractivity contribution in [1.82, 2.24) is 19.7 Å². The van der Waals surface area contributed by atoms with Crippen LogP contribution in [0.1, 0.15) is 26.5 Å². The van der Waals surface area contributed by atoms with Gasteiger partial charge in [-0.1, -0.05) is 0 Å². The number of rotatable bonds is 5. The fourth-order valence-electron chi connectivity index (χ4n) is 3.01. The minimum absolute atomic E-state index is 0. The van der Waals surface area contributed by atoms with E-state index in [0.29, 0.717) is 12.1 Å². The lowest BCUT2D eigenvalue weighted by Gasteiger charge is -2.29. The Morgan fingerprint density at radius 1 is 1.21 bits per heavy atom. The maximum Gasteiger partial charge on any atom is 1.00 e. The highest BCUT2D eigenvalue weighted by atomic mass is 31.1. The van der Waals surface area contributed by atoms with Crippen molar-refractivity contribution in [3.8, 4) is 0 Å². The summed E-state index contributed by atoms with van der Waals surface area (Å²) in [5.41, 5.74) is 5.64. The normalized spacial score (nSPS) is 14.2. The van der Waals surface area contributed by atoms with Gasteiger partial charge in [-0.3, -0.25) is 4.79 Å². The van der Waals surface area contributed by atoms with Crippen LogP contribution in [0, 0.1) is 17.5 Å². The van der Waals surface area contributed by atoms with Gasteiger partial charge in [0.05, 0.1) is 6.54 Å². The Hall–Kier alpha value is -2.81. The molecule has 0 bridgehead atoms. The van der Waals surface area contributed by atoms with Crippen LogP contribution in [0.25, 0.3) is 0 Å². The minimum Gasteiger partial charge on any atom is -1.00 e. The van der Waals surface area contributed by atoms with Crippen molar-refractivity contribution in [3.05, 3.63) is 46.8 Å². The number of benzene rings is 1. The molecule has 1 aliphatic heterocycles. The van der Waals surface area contributed by atoms with E-state index in [1.807, 2.05) is 0 Å². The van der Waals surface area contributed by atoms with E-state index in [9.17, 15) is 31.1 Å². The summed E-state index contributed by atoms with van der Waals surface area (Å²) < 4.78 is 99.8. The van der Waals surface area contributed by atoms with E-state index in [1.54, 1.807) is 0 Å². The van der Waals surface area contributed by atoms with E-state index in [2.05, 4.69) is 14.9 Å². The highest BCUT2D eigenvalue weighted by molar-refractivity contribution is 7.24. The number of carbonyl (C=O) groups is 1. The van der Waals surface area contributed by atoms with Gasteiger partial charge in [-0.15, -0.1) is 14.9 Å². The summed E-state index contributed by atoms with van der Waals surface area (Å²) in [6, 6.07) is 0.184. The zero-order valence-electron chi connectivity index (χ0n) is 18.4. The highest BCUT2D eigenvalue weighted by Gasteiger charge is 2.40. The molecule has 0 aliphatic carbocycles. The van der Waals surface area contributed by atoms with Gasteiger partial charge in [0.25, 0.3) is 0 Å². The molecule has 0 unspecified atom stereocenters. The van der Waals surface area contributed by atoms with Crippen molar-refractivity contribution >= 4 is 13.8 Å². The molecular formula is C16H18F6N5O5P. The highest BCUT2D eigenvalue weighted by Crippen LogP contribution is 2.29. The fraction of sp³-hybridized carbons (Fsp3) is 0.438. The molecule has 0 saturated carbocycles. The lowest BCUT2D eigenvalue weighted by molar-refractivity contribution is -0.148. The van der Waals surface area contributed by atoms with Gasteiger partial charge in [0.1, 0.15) is 5.82 Å². The summed E-state index contributed by atoms with van der Waals surface area (Å²) in [6.45, 7) is -0.302. The van der Waals surface area contributed by atoms with Gasteiger partial charge in [0, 0.05) is 31.6 Å². The molecule has 1 aromatic heterocycles. The summed E-state index contributed by atoms with van der Waals surface area (Å²) in [5.74, 6) is -5.15. The Labute approximate surface area is 184 Å². The number of alkyl halides is 3. The molecule has 3 rings (SSSR count). The quantitative estimate of drug-likeness (QED) is 0.208. The third-order valence-electron chi connectivity index (χ3n) is 4.43. The largest absolute Gasteiger partial charge is 1.00 e. The standard InChI is InChI=1S/C16H15F6N5O.HO4P.H/c17-10-6-12(19)11(18)4-8(10)3-9(23)5-14(28)26-1-2-27-13(7-26)24-25-15(27)16(20,21)22;1-4-5(2)3;/h4,6,9H,1-3,5,7,23H2;1H;/q;;-1/p+1/t9-;;/m1../s1. The molecule has 1 amide bonds. The average Bonchev–Trinajstić information content (AvgIpc) is 3.16. The second-order valence-corrected chi connectivity index (χ2v) is 7.35. The predicted octanol–water partition coefficient (Wildman–Crippen LogP) is 2.81. The summed E-state index contributed by atoms with van der Waals surface area (Å²) in [4.78, 5) is 13.6. The Morgan fingerprint density at radius 3 is 2.39 bits per heavy atom. The van der Waals surface area contributed by atoms with Gasteiger partial charge in [-0.25, -0.2) is 27.6 Å². The molecule has 2 heterocycles. The maximum atomic E-state index is 13.7. The number of hydrogen-bond acceptors (Lipinski definition) is 8. The van der Waals surface area contributed by atoms with Crippen LogP contribution in [0.4, 0.5) is 26.3 Å². The van der Waals surface area contributed by atoms with Crippen molar-refractivity contribution < 1.29 is 53.1 Å². The number of amides is 1. The molecule has 0 spiro atoms. The van der Waals surface area contributed by atoms with Gasteiger partial charge in [0.15, 0.2) is 17.5 Å². The molecule has 0 fully saturated rings. The number of aromatic nitrogens is 3. The molecule has 1 aliphatic rings. The first-order valence-corrected chi connectivity index (χ1v) is 10.0. The van der Waals surface area contributed by atoms with E-state index in [-0.39, 0.29) is 46.7 Å². The van der Waals surface area contributed by atoms with Crippen LogP contribution < -0.4 is 5.73 Å². The van der Waals surface area contributed by atoms with Crippen molar-refractivity contribution in [2.24, 2.45) is 5.73 Å². The Morgan fingerprint density at radius 2 is 1.82 bits per heavy atom. The smallest absolute Gasteiger partial charge is 1.00 e. The first-order valence-electron chi connectivity index (χ1n) is 8.95. The molecular weight excluding hydrogens is 487 g/mol. The van der Waals surface area contributed by atoms with Crippen LogP contribution >= 0.6 is 7.91 Å². The van der Waals surface area contributed by atoms with Gasteiger partial charge < -0.3 is 16.6 Å². The second kappa shape index (κ2) is 10.9. The van der Waals surface area contributed by atoms with E-state index in [1.165, 1.54) is 4.90 Å². The molecule has 2 aromatic rings. The van der Waals surface area contributed by atoms with Crippen LogP contribution in [0.2, 0.25) is 0 Å². The van der Waals surface area contributed by atoms with Gasteiger partial charge in [-0.2, -0.15) is 13.2 Å². The number of halogens is 6. The molecule has 184 valence electrons. The van der Waals surface area contributed by atoms with Crippen LogP contribution in [0.15, 0.2) is 12.1 Å². The molecule has 1 atom stereocenters. The molecule has 33 heavy (non-hydrogen) atoms. The molecule has 0 saturated heterocycles. The molecule has 1 aromatic carbocycles. The maximum absolute atomic E-state index is 13.7. The third-order valence-corrected chi connectivity index (χ3v) is 4.57. The van der Waals surface area contributed by atoms with Crippen LogP contribution in [0.3, 0.4) is 0 Å². The number of nitrogens with zero attached hydrogens (tertiary/aromatic N) is 4. The van der Waals surface area contributed by atoms with E-state index in [0.717, 1.165) is 4.57 Å². The Balaban J connectivity index is 0.00000150. The zero-order chi connectivity index (χ0) is 24.9. The lowest BCUT2D eigenvalue weighted by Crippen LogP contribution is -2.42. The van der Waals surface area contributed by atoms with Crippen molar-refractivity contribution in [3.63, 3.8) is 0 Å². The first kappa shape index (κ1) is 26.4. The molecule has 17 heteroatoms. The summed E-state index contributed by atoms with van der Waals surface area (Å²) >= 11 is 0. The van der Waals surface area contributed by atoms with Crippen molar-refractivity contribution in [1.29, 1.82) is 0 Å². The summed E-state index contributed by atoms with van der Waals surface area (Å²) in [7, 11) is -3.04. The number of nitrogens with two attached hydrogens (primary N) is 1. The summed E-state index contributed by atoms with van der Waals surface area (Å²) in [5, 5.41) is 13.6. The number of fused-ring (bicyclic) bond motifs is 1. The van der Waals surface area contributed by atoms with Crippen LogP contribution in [-0.2, 0) is 44.3 Å². The Kier molecular flexibility index (Phi) is 8.71. The summed E-state index contributed by atoms with van der Waals surface area (Å²) in [6.07, 6.45) is -5.11. The minimum atomic E-state index is -4.64. The molecule has 3 N–H and O–H groups in total. The van der Waals surface area contributed by atoms with Crippen molar-refractivity contribution in [2.45, 2.75) is 38.1 Å². The Bertz CT molecular complexity index is 1080. The van der Waals surface area contributed by atoms with Crippen molar-refractivity contribution in [2.75, 3.05) is 6.54 Å². The van der Waals surface area contributed by atoms with E-state index < -0.39 is 49.3 Å². The van der Waals surface area contributed by atoms with Crippen LogP contribution in [0.5, 0.6) is 0 Å². The molecule has 0 radical (unpaired) electrons. The predicted molar refractivity (Wildman–Crippen MR) is 97.3 cm³/mol. The molecule has 10 nitrogen and oxygen atoms in total. The lowest BCUT2D eigenvalue weighted by atomic mass is 10.0. The number of carbonyl (C=O) groups excluding carboxylic acids is 1. The van der Waals surface area contributed by atoms with Gasteiger partial charge in [-0.05, 0) is 18.1 Å². The first-order chi connectivity index (χ1) is 15.3. The third kappa shape index (κ3) is 7.08. The fourth-order valence-corrected chi connectivity index (χ4v) is 3.01. The van der Waals surface area contributed by atoms with Gasteiger partial charge >= 0.3 is 15.5 Å². The van der Waals surface area contributed by atoms with Crippen LogP contribution in [-0.4, -0.2) is 43.4 Å². The average molecular weight is 505 g/mol. The van der Waals surface area contributed by atoms with E-state index in [4.69, 9.17) is 20.1 Å².